The summed E-state index contributed by atoms with van der Waals surface area (Å²) in [6.07, 6.45) is 7.65. The zero-order chi connectivity index (χ0) is 19.3. The molecule has 28 heavy (non-hydrogen) atoms. The van der Waals surface area contributed by atoms with E-state index in [1.54, 1.807) is 0 Å². The molecule has 1 atom stereocenters. The van der Waals surface area contributed by atoms with Gasteiger partial charge in [-0.2, -0.15) is 0 Å². The first kappa shape index (κ1) is 18.3. The molecule has 0 saturated carbocycles. The maximum absolute atomic E-state index is 11.6. The number of allylic oxidation sites excluding steroid dienone is 1. The molecular formula is C23H24N2O3. The second-order valence-electron chi connectivity index (χ2n) is 7.31. The van der Waals surface area contributed by atoms with Crippen molar-refractivity contribution in [3.8, 4) is 5.75 Å². The Kier molecular flexibility index (Phi) is 5.42. The smallest absolute Gasteiger partial charge is 0.250 e. The minimum Gasteiger partial charge on any atom is -0.494 e. The lowest BCUT2D eigenvalue weighted by atomic mass is 9.97. The molecule has 144 valence electrons. The fourth-order valence-corrected chi connectivity index (χ4v) is 3.76. The third kappa shape index (κ3) is 4.25. The van der Waals surface area contributed by atoms with Crippen LogP contribution in [0, 0.1) is 5.92 Å². The summed E-state index contributed by atoms with van der Waals surface area (Å²) in [4.78, 5) is 26.3. The van der Waals surface area contributed by atoms with Gasteiger partial charge in [-0.05, 0) is 43.0 Å². The fourth-order valence-electron chi connectivity index (χ4n) is 3.76. The van der Waals surface area contributed by atoms with Crippen LogP contribution in [0.2, 0.25) is 0 Å². The quantitative estimate of drug-likeness (QED) is 0.472. The predicted molar refractivity (Wildman–Crippen MR) is 110 cm³/mol. The number of unbranched alkanes of at least 4 members (excludes halogenated alkanes) is 2. The standard InChI is InChI=1S/C23H24N2O3/c26-22-12-9-16(14-23(27)25-22)6-2-1-5-13-28-17-10-11-19-18-7-3-4-8-20(18)24-21(19)15-17/h3-4,7-12,15-16,24H,1-2,5-6,13-14H2,(H,25,26,27). The van der Waals surface area contributed by atoms with Gasteiger partial charge in [-0.25, -0.2) is 0 Å². The molecule has 0 bridgehead atoms. The van der Waals surface area contributed by atoms with Crippen LogP contribution in [0.4, 0.5) is 0 Å². The molecule has 2 aromatic carbocycles. The largest absolute Gasteiger partial charge is 0.494 e. The zero-order valence-electron chi connectivity index (χ0n) is 15.7. The van der Waals surface area contributed by atoms with Crippen molar-refractivity contribution in [1.29, 1.82) is 0 Å². The van der Waals surface area contributed by atoms with E-state index in [-0.39, 0.29) is 17.7 Å². The van der Waals surface area contributed by atoms with Crippen LogP contribution in [0.3, 0.4) is 0 Å². The molecule has 1 unspecified atom stereocenters. The number of aromatic nitrogens is 1. The van der Waals surface area contributed by atoms with Gasteiger partial charge in [0.25, 0.3) is 0 Å². The number of rotatable bonds is 7. The SMILES string of the molecule is O=C1C=CC(CCCCCOc2ccc3c(c2)[nH]c2ccccc23)CC(=O)N1. The van der Waals surface area contributed by atoms with Crippen molar-refractivity contribution in [3.05, 3.63) is 54.6 Å². The van der Waals surface area contributed by atoms with Gasteiger partial charge in [-0.3, -0.25) is 14.9 Å². The number of hydrogen-bond donors (Lipinski definition) is 2. The predicted octanol–water partition coefficient (Wildman–Crippen LogP) is 4.48. The number of imide groups is 1. The van der Waals surface area contributed by atoms with Gasteiger partial charge in [0.1, 0.15) is 5.75 Å². The van der Waals surface area contributed by atoms with Crippen LogP contribution in [0.15, 0.2) is 54.6 Å². The number of amides is 2. The number of nitrogens with one attached hydrogen (secondary N) is 2. The molecular weight excluding hydrogens is 352 g/mol. The number of fused-ring (bicyclic) bond motifs is 3. The fraction of sp³-hybridized carbons (Fsp3) is 0.304. The molecule has 0 radical (unpaired) electrons. The normalized spacial score (nSPS) is 17.1. The molecule has 5 nitrogen and oxygen atoms in total. The number of hydrogen-bond acceptors (Lipinski definition) is 3. The number of aromatic amines is 1. The first-order valence-corrected chi connectivity index (χ1v) is 9.84. The van der Waals surface area contributed by atoms with Gasteiger partial charge in [0.05, 0.1) is 12.1 Å². The van der Waals surface area contributed by atoms with Crippen molar-refractivity contribution < 1.29 is 14.3 Å². The maximum Gasteiger partial charge on any atom is 0.250 e. The minimum absolute atomic E-state index is 0.150. The number of carbonyl (C=O) groups excluding carboxylic acids is 2. The first-order valence-electron chi connectivity index (χ1n) is 9.84. The van der Waals surface area contributed by atoms with Gasteiger partial charge in [-0.15, -0.1) is 0 Å². The van der Waals surface area contributed by atoms with Gasteiger partial charge < -0.3 is 9.72 Å². The third-order valence-corrected chi connectivity index (χ3v) is 5.20. The highest BCUT2D eigenvalue weighted by Gasteiger charge is 2.16. The number of ether oxygens (including phenoxy) is 1. The van der Waals surface area contributed by atoms with Crippen LogP contribution in [0.25, 0.3) is 21.8 Å². The maximum atomic E-state index is 11.6. The van der Waals surface area contributed by atoms with Crippen molar-refractivity contribution in [2.75, 3.05) is 6.61 Å². The summed E-state index contributed by atoms with van der Waals surface area (Å²) in [5.41, 5.74) is 2.23. The second kappa shape index (κ2) is 8.30. The molecule has 2 amide bonds. The number of para-hydroxylation sites is 1. The Bertz CT molecular complexity index is 1030. The Labute approximate surface area is 163 Å². The summed E-state index contributed by atoms with van der Waals surface area (Å²) < 4.78 is 5.91. The van der Waals surface area contributed by atoms with Gasteiger partial charge in [0.15, 0.2) is 0 Å². The van der Waals surface area contributed by atoms with Crippen molar-refractivity contribution in [3.63, 3.8) is 0 Å². The van der Waals surface area contributed by atoms with E-state index in [4.69, 9.17) is 4.74 Å². The lowest BCUT2D eigenvalue weighted by Crippen LogP contribution is -2.27. The van der Waals surface area contributed by atoms with Crippen LogP contribution < -0.4 is 10.1 Å². The summed E-state index contributed by atoms with van der Waals surface area (Å²) in [5.74, 6) is 0.529. The van der Waals surface area contributed by atoms with Crippen molar-refractivity contribution in [1.82, 2.24) is 10.3 Å². The molecule has 5 heteroatoms. The summed E-state index contributed by atoms with van der Waals surface area (Å²) in [6.45, 7) is 0.672. The monoisotopic (exact) mass is 376 g/mol. The molecule has 2 N–H and O–H groups in total. The molecule has 0 saturated heterocycles. The van der Waals surface area contributed by atoms with E-state index in [2.05, 4.69) is 40.6 Å². The van der Waals surface area contributed by atoms with E-state index in [1.807, 2.05) is 18.2 Å². The summed E-state index contributed by atoms with van der Waals surface area (Å²) in [7, 11) is 0. The van der Waals surface area contributed by atoms with E-state index >= 15 is 0 Å². The van der Waals surface area contributed by atoms with Crippen LogP contribution in [0.5, 0.6) is 5.75 Å². The third-order valence-electron chi connectivity index (χ3n) is 5.20. The molecule has 0 aliphatic carbocycles. The first-order chi connectivity index (χ1) is 13.7. The Balaban J connectivity index is 1.23. The summed E-state index contributed by atoms with van der Waals surface area (Å²) in [6, 6.07) is 14.5. The Morgan fingerprint density at radius 3 is 2.75 bits per heavy atom. The number of benzene rings is 2. The van der Waals surface area contributed by atoms with Gasteiger partial charge in [0.2, 0.25) is 11.8 Å². The van der Waals surface area contributed by atoms with Crippen LogP contribution >= 0.6 is 0 Å². The molecule has 1 aliphatic rings. The van der Waals surface area contributed by atoms with Gasteiger partial charge >= 0.3 is 0 Å². The van der Waals surface area contributed by atoms with Gasteiger partial charge in [-0.1, -0.05) is 37.1 Å². The molecule has 1 aliphatic heterocycles. The number of carbonyl (C=O) groups is 2. The molecule has 2 heterocycles. The summed E-state index contributed by atoms with van der Waals surface area (Å²) >= 11 is 0. The highest BCUT2D eigenvalue weighted by Crippen LogP contribution is 2.28. The van der Waals surface area contributed by atoms with Crippen molar-refractivity contribution >= 4 is 33.6 Å². The Morgan fingerprint density at radius 2 is 1.82 bits per heavy atom. The zero-order valence-corrected chi connectivity index (χ0v) is 15.7. The highest BCUT2D eigenvalue weighted by molar-refractivity contribution is 6.07. The van der Waals surface area contributed by atoms with E-state index in [0.717, 1.165) is 42.5 Å². The lowest BCUT2D eigenvalue weighted by Gasteiger charge is -2.10. The lowest BCUT2D eigenvalue weighted by molar-refractivity contribution is -0.128. The number of H-pyrrole nitrogens is 1. The molecule has 0 spiro atoms. The van der Waals surface area contributed by atoms with Gasteiger partial charge in [0, 0.05) is 28.8 Å². The molecule has 3 aromatic rings. The van der Waals surface area contributed by atoms with Crippen LogP contribution in [-0.4, -0.2) is 23.4 Å². The average molecular weight is 376 g/mol. The van der Waals surface area contributed by atoms with Crippen LogP contribution in [-0.2, 0) is 9.59 Å². The Morgan fingerprint density at radius 1 is 0.964 bits per heavy atom. The van der Waals surface area contributed by atoms with Crippen molar-refractivity contribution in [2.24, 2.45) is 5.92 Å². The average Bonchev–Trinajstić information content (AvgIpc) is 2.97. The highest BCUT2D eigenvalue weighted by atomic mass is 16.5. The topological polar surface area (TPSA) is 71.2 Å². The van der Waals surface area contributed by atoms with E-state index in [1.165, 1.54) is 16.8 Å². The molecule has 4 rings (SSSR count). The van der Waals surface area contributed by atoms with Crippen LogP contribution in [0.1, 0.15) is 32.1 Å². The molecule has 1 aromatic heterocycles. The van der Waals surface area contributed by atoms with Crippen molar-refractivity contribution in [2.45, 2.75) is 32.1 Å². The molecule has 0 fully saturated rings. The Hall–Kier alpha value is -3.08. The minimum atomic E-state index is -0.312. The van der Waals surface area contributed by atoms with E-state index in [9.17, 15) is 9.59 Å². The second-order valence-corrected chi connectivity index (χ2v) is 7.31. The van der Waals surface area contributed by atoms with E-state index in [0.29, 0.717) is 13.0 Å². The summed E-state index contributed by atoms with van der Waals surface area (Å²) in [5, 5.41) is 4.77. The van der Waals surface area contributed by atoms with E-state index < -0.39 is 0 Å².